The normalized spacial score (nSPS) is 12.3. The molecule has 0 aliphatic carbocycles. The zero-order chi connectivity index (χ0) is 12.8. The van der Waals surface area contributed by atoms with Crippen molar-refractivity contribution in [1.29, 1.82) is 0 Å². The number of ketones is 1. The molecule has 0 saturated heterocycles. The third-order valence-corrected chi connectivity index (χ3v) is 2.69. The Morgan fingerprint density at radius 3 is 2.19 bits per heavy atom. The molecule has 0 fully saturated rings. The van der Waals surface area contributed by atoms with E-state index in [9.17, 15) is 9.59 Å². The fourth-order valence-corrected chi connectivity index (χ4v) is 2.40. The molecule has 1 amide bonds. The van der Waals surface area contributed by atoms with E-state index < -0.39 is 0 Å². The number of Topliss-reactive ketones (excluding diaryl/α,β-unsaturated/α-hetero) is 1. The van der Waals surface area contributed by atoms with E-state index in [4.69, 9.17) is 0 Å². The summed E-state index contributed by atoms with van der Waals surface area (Å²) < 4.78 is 0. The number of amides is 1. The highest BCUT2D eigenvalue weighted by Gasteiger charge is 2.29. The lowest BCUT2D eigenvalue weighted by Crippen LogP contribution is -2.33. The molecule has 0 aliphatic rings. The SMILES string of the molecule is CCC(=O)CC(C)(C)CC(C)(C)CNC=O. The van der Waals surface area contributed by atoms with E-state index in [0.29, 0.717) is 25.2 Å². The van der Waals surface area contributed by atoms with Crippen molar-refractivity contribution in [1.82, 2.24) is 5.32 Å². The zero-order valence-electron chi connectivity index (χ0n) is 11.2. The number of hydrogen-bond donors (Lipinski definition) is 1. The average Bonchev–Trinajstić information content (AvgIpc) is 2.12. The van der Waals surface area contributed by atoms with E-state index >= 15 is 0 Å². The van der Waals surface area contributed by atoms with Gasteiger partial charge >= 0.3 is 0 Å². The topological polar surface area (TPSA) is 46.2 Å². The first-order valence-electron chi connectivity index (χ1n) is 5.91. The lowest BCUT2D eigenvalue weighted by Gasteiger charge is -2.34. The van der Waals surface area contributed by atoms with Gasteiger partial charge < -0.3 is 5.32 Å². The molecule has 0 saturated carbocycles. The van der Waals surface area contributed by atoms with Crippen molar-refractivity contribution in [3.05, 3.63) is 0 Å². The molecule has 94 valence electrons. The minimum atomic E-state index is 0.00115. The predicted octanol–water partition coefficient (Wildman–Crippen LogP) is 2.54. The largest absolute Gasteiger partial charge is 0.358 e. The Morgan fingerprint density at radius 1 is 1.19 bits per heavy atom. The van der Waals surface area contributed by atoms with Crippen LogP contribution in [0.15, 0.2) is 0 Å². The fraction of sp³-hybridized carbons (Fsp3) is 0.846. The van der Waals surface area contributed by atoms with Gasteiger partial charge in [0, 0.05) is 19.4 Å². The molecule has 0 spiro atoms. The number of rotatable bonds is 8. The second kappa shape index (κ2) is 6.02. The Bertz CT molecular complexity index is 244. The standard InChI is InChI=1S/C13H25NO2/c1-6-11(16)7-12(2,3)8-13(4,5)9-14-10-15/h10H,6-9H2,1-5H3,(H,14,15). The first-order valence-corrected chi connectivity index (χ1v) is 5.91. The van der Waals surface area contributed by atoms with Crippen molar-refractivity contribution < 1.29 is 9.59 Å². The maximum absolute atomic E-state index is 11.5. The summed E-state index contributed by atoms with van der Waals surface area (Å²) in [6.45, 7) is 11.0. The molecular formula is C13H25NO2. The van der Waals surface area contributed by atoms with Gasteiger partial charge in [0.05, 0.1) is 0 Å². The van der Waals surface area contributed by atoms with Gasteiger partial charge in [-0.15, -0.1) is 0 Å². The molecule has 3 heteroatoms. The van der Waals surface area contributed by atoms with Gasteiger partial charge in [0.25, 0.3) is 0 Å². The van der Waals surface area contributed by atoms with Crippen LogP contribution in [0.25, 0.3) is 0 Å². The summed E-state index contributed by atoms with van der Waals surface area (Å²) in [4.78, 5) is 21.7. The summed E-state index contributed by atoms with van der Waals surface area (Å²) in [5, 5.41) is 2.71. The van der Waals surface area contributed by atoms with Crippen LogP contribution in [0.5, 0.6) is 0 Å². The molecule has 0 unspecified atom stereocenters. The average molecular weight is 227 g/mol. The van der Waals surface area contributed by atoms with Crippen molar-refractivity contribution >= 4 is 12.2 Å². The molecule has 0 aliphatic heterocycles. The van der Waals surface area contributed by atoms with Gasteiger partial charge in [-0.2, -0.15) is 0 Å². The molecule has 0 atom stereocenters. The molecule has 1 N–H and O–H groups in total. The molecule has 0 heterocycles. The number of nitrogens with one attached hydrogen (secondary N) is 1. The lowest BCUT2D eigenvalue weighted by atomic mass is 9.72. The van der Waals surface area contributed by atoms with Gasteiger partial charge in [-0.25, -0.2) is 0 Å². The summed E-state index contributed by atoms with van der Waals surface area (Å²) in [7, 11) is 0. The highest BCUT2D eigenvalue weighted by Crippen LogP contribution is 2.36. The van der Waals surface area contributed by atoms with Crippen LogP contribution < -0.4 is 5.32 Å². The fourth-order valence-electron chi connectivity index (χ4n) is 2.40. The molecule has 16 heavy (non-hydrogen) atoms. The van der Waals surface area contributed by atoms with E-state index in [1.807, 2.05) is 6.92 Å². The Hall–Kier alpha value is -0.860. The molecule has 0 aromatic carbocycles. The van der Waals surface area contributed by atoms with Gasteiger partial charge in [0.1, 0.15) is 5.78 Å². The van der Waals surface area contributed by atoms with Gasteiger partial charge in [-0.1, -0.05) is 34.6 Å². The molecule has 0 radical (unpaired) electrons. The Morgan fingerprint density at radius 2 is 1.75 bits per heavy atom. The van der Waals surface area contributed by atoms with Gasteiger partial charge in [-0.05, 0) is 17.3 Å². The smallest absolute Gasteiger partial charge is 0.207 e. The number of carbonyl (C=O) groups is 2. The van der Waals surface area contributed by atoms with Crippen LogP contribution in [0, 0.1) is 10.8 Å². The minimum absolute atomic E-state index is 0.00115. The van der Waals surface area contributed by atoms with E-state index in [0.717, 1.165) is 12.8 Å². The Kier molecular flexibility index (Phi) is 5.70. The van der Waals surface area contributed by atoms with Crippen molar-refractivity contribution in [3.63, 3.8) is 0 Å². The molecule has 0 aromatic rings. The van der Waals surface area contributed by atoms with E-state index in [2.05, 4.69) is 33.0 Å². The van der Waals surface area contributed by atoms with Crippen LogP contribution in [0.1, 0.15) is 53.9 Å². The summed E-state index contributed by atoms with van der Waals surface area (Å²) in [6.07, 6.45) is 2.88. The summed E-state index contributed by atoms with van der Waals surface area (Å²) in [6, 6.07) is 0. The van der Waals surface area contributed by atoms with Crippen molar-refractivity contribution in [2.75, 3.05) is 6.54 Å². The maximum atomic E-state index is 11.5. The monoisotopic (exact) mass is 227 g/mol. The minimum Gasteiger partial charge on any atom is -0.358 e. The van der Waals surface area contributed by atoms with E-state index in [1.54, 1.807) is 0 Å². The lowest BCUT2D eigenvalue weighted by molar-refractivity contribution is -0.121. The summed E-state index contributed by atoms with van der Waals surface area (Å²) in [5.74, 6) is 0.309. The van der Waals surface area contributed by atoms with E-state index in [1.165, 1.54) is 0 Å². The van der Waals surface area contributed by atoms with Crippen LogP contribution in [0.2, 0.25) is 0 Å². The maximum Gasteiger partial charge on any atom is 0.207 e. The molecule has 0 rings (SSSR count). The third kappa shape index (κ3) is 6.59. The highest BCUT2D eigenvalue weighted by atomic mass is 16.1. The quantitative estimate of drug-likeness (QED) is 0.648. The van der Waals surface area contributed by atoms with Crippen molar-refractivity contribution in [3.8, 4) is 0 Å². The van der Waals surface area contributed by atoms with Crippen LogP contribution in [0.4, 0.5) is 0 Å². The van der Waals surface area contributed by atoms with Crippen molar-refractivity contribution in [2.45, 2.75) is 53.9 Å². The summed E-state index contributed by atoms with van der Waals surface area (Å²) >= 11 is 0. The predicted molar refractivity (Wildman–Crippen MR) is 66.2 cm³/mol. The zero-order valence-corrected chi connectivity index (χ0v) is 11.2. The van der Waals surface area contributed by atoms with Crippen molar-refractivity contribution in [2.24, 2.45) is 10.8 Å². The van der Waals surface area contributed by atoms with Gasteiger partial charge in [-0.3, -0.25) is 9.59 Å². The highest BCUT2D eigenvalue weighted by molar-refractivity contribution is 5.78. The molecular weight excluding hydrogens is 202 g/mol. The van der Waals surface area contributed by atoms with Crippen LogP contribution in [-0.4, -0.2) is 18.7 Å². The number of hydrogen-bond acceptors (Lipinski definition) is 2. The third-order valence-electron chi connectivity index (χ3n) is 2.69. The van der Waals surface area contributed by atoms with Crippen LogP contribution >= 0.6 is 0 Å². The Balaban J connectivity index is 4.32. The van der Waals surface area contributed by atoms with Crippen LogP contribution in [0.3, 0.4) is 0 Å². The first kappa shape index (κ1) is 15.1. The number of carbonyl (C=O) groups excluding carboxylic acids is 2. The first-order chi connectivity index (χ1) is 7.22. The van der Waals surface area contributed by atoms with Gasteiger partial charge in [0.2, 0.25) is 6.41 Å². The van der Waals surface area contributed by atoms with Gasteiger partial charge in [0.15, 0.2) is 0 Å². The molecule has 0 bridgehead atoms. The molecule has 3 nitrogen and oxygen atoms in total. The van der Waals surface area contributed by atoms with E-state index in [-0.39, 0.29) is 10.8 Å². The van der Waals surface area contributed by atoms with Crippen LogP contribution in [-0.2, 0) is 9.59 Å². The second-order valence-electron chi connectivity index (χ2n) is 6.07. The summed E-state index contributed by atoms with van der Waals surface area (Å²) in [5.41, 5.74) is 0.0274. The Labute approximate surface area is 99.0 Å². The molecule has 0 aromatic heterocycles. The second-order valence-corrected chi connectivity index (χ2v) is 6.07.